The average Bonchev–Trinajstić information content (AvgIpc) is 2.53. The third kappa shape index (κ3) is 5.82. The smallest absolute Gasteiger partial charge is 0.256 e. The molecule has 0 radical (unpaired) electrons. The summed E-state index contributed by atoms with van der Waals surface area (Å²) < 4.78 is 5.26. The Morgan fingerprint density at radius 2 is 1.96 bits per heavy atom. The molecule has 6 nitrogen and oxygen atoms in total. The number of nitrogens with two attached hydrogens (primary N) is 1. The van der Waals surface area contributed by atoms with E-state index >= 15 is 0 Å². The van der Waals surface area contributed by atoms with E-state index in [1.807, 2.05) is 6.92 Å². The summed E-state index contributed by atoms with van der Waals surface area (Å²) in [5.41, 5.74) is 6.72. The predicted octanol–water partition coefficient (Wildman–Crippen LogP) is 1.65. The number of carbonyl (C=O) groups excluding carboxylic acids is 2. The van der Waals surface area contributed by atoms with Crippen LogP contribution in [0, 0.1) is 0 Å². The number of nitrogens with zero attached hydrogens (tertiary/aromatic N) is 1. The van der Waals surface area contributed by atoms with E-state index in [1.54, 1.807) is 29.2 Å². The Kier molecular flexibility index (Phi) is 8.02. The Hall–Kier alpha value is -1.63. The van der Waals surface area contributed by atoms with E-state index in [0.29, 0.717) is 50.4 Å². The van der Waals surface area contributed by atoms with E-state index in [1.165, 1.54) is 0 Å². The van der Waals surface area contributed by atoms with Gasteiger partial charge in [0.05, 0.1) is 24.5 Å². The maximum Gasteiger partial charge on any atom is 0.256 e. The van der Waals surface area contributed by atoms with E-state index in [2.05, 4.69) is 5.32 Å². The number of anilines is 1. The van der Waals surface area contributed by atoms with Crippen LogP contribution in [0.15, 0.2) is 24.3 Å². The number of amides is 2. The number of ether oxygens (including phenoxy) is 1. The molecule has 2 rings (SSSR count). The molecule has 1 atom stereocenters. The Morgan fingerprint density at radius 1 is 1.30 bits per heavy atom. The number of hydrogen-bond donors (Lipinski definition) is 2. The molecule has 3 N–H and O–H groups in total. The van der Waals surface area contributed by atoms with Crippen molar-refractivity contribution in [2.75, 3.05) is 31.6 Å². The van der Waals surface area contributed by atoms with Gasteiger partial charge in [-0.2, -0.15) is 0 Å². The van der Waals surface area contributed by atoms with Crippen molar-refractivity contribution in [2.24, 2.45) is 5.73 Å². The van der Waals surface area contributed by atoms with Crippen molar-refractivity contribution < 1.29 is 14.3 Å². The number of hydrogen-bond acceptors (Lipinski definition) is 4. The summed E-state index contributed by atoms with van der Waals surface area (Å²) in [5, 5.41) is 2.81. The van der Waals surface area contributed by atoms with Gasteiger partial charge in [0.25, 0.3) is 5.91 Å². The minimum Gasteiger partial charge on any atom is -0.378 e. The summed E-state index contributed by atoms with van der Waals surface area (Å²) in [5.74, 6) is -0.203. The van der Waals surface area contributed by atoms with Gasteiger partial charge in [0, 0.05) is 25.6 Å². The average molecular weight is 342 g/mol. The lowest BCUT2D eigenvalue weighted by molar-refractivity contribution is -0.116. The van der Waals surface area contributed by atoms with Gasteiger partial charge >= 0.3 is 0 Å². The van der Waals surface area contributed by atoms with Crippen LogP contribution in [0.2, 0.25) is 0 Å². The zero-order chi connectivity index (χ0) is 15.9. The van der Waals surface area contributed by atoms with Crippen LogP contribution in [0.1, 0.15) is 30.1 Å². The molecule has 1 heterocycles. The van der Waals surface area contributed by atoms with E-state index < -0.39 is 0 Å². The second-order valence-corrected chi connectivity index (χ2v) is 5.51. The van der Waals surface area contributed by atoms with Crippen molar-refractivity contribution in [3.05, 3.63) is 29.8 Å². The van der Waals surface area contributed by atoms with Gasteiger partial charge in [-0.25, -0.2) is 0 Å². The maximum absolute atomic E-state index is 12.6. The van der Waals surface area contributed by atoms with Gasteiger partial charge in [0.1, 0.15) is 0 Å². The van der Waals surface area contributed by atoms with Crippen LogP contribution in [0.3, 0.4) is 0 Å². The van der Waals surface area contributed by atoms with Gasteiger partial charge in [-0.1, -0.05) is 12.1 Å². The Balaban J connectivity index is 0.00000264. The summed E-state index contributed by atoms with van der Waals surface area (Å²) in [4.78, 5) is 26.3. The molecule has 0 spiro atoms. The van der Waals surface area contributed by atoms with Crippen LogP contribution in [-0.4, -0.2) is 49.1 Å². The first-order valence-electron chi connectivity index (χ1n) is 7.59. The molecule has 1 aliphatic rings. The molecule has 1 fully saturated rings. The SMILES string of the molecule is CC(N)CCC(=O)Nc1ccccc1C(=O)N1CCOCC1.Cl. The number of carbonyl (C=O) groups is 2. The summed E-state index contributed by atoms with van der Waals surface area (Å²) in [6, 6.07) is 7.06. The van der Waals surface area contributed by atoms with Gasteiger partial charge in [0.2, 0.25) is 5.91 Å². The van der Waals surface area contributed by atoms with Gasteiger partial charge in [0.15, 0.2) is 0 Å². The number of rotatable bonds is 5. The fraction of sp³-hybridized carbons (Fsp3) is 0.500. The van der Waals surface area contributed by atoms with Crippen molar-refractivity contribution in [3.63, 3.8) is 0 Å². The molecule has 0 bridgehead atoms. The first-order valence-corrected chi connectivity index (χ1v) is 7.59. The summed E-state index contributed by atoms with van der Waals surface area (Å²) in [7, 11) is 0. The molecule has 23 heavy (non-hydrogen) atoms. The summed E-state index contributed by atoms with van der Waals surface area (Å²) in [6.07, 6.45) is 0.961. The van der Waals surface area contributed by atoms with Crippen molar-refractivity contribution in [3.8, 4) is 0 Å². The van der Waals surface area contributed by atoms with Crippen LogP contribution in [0.25, 0.3) is 0 Å². The molecule has 7 heteroatoms. The molecule has 1 aromatic rings. The fourth-order valence-corrected chi connectivity index (χ4v) is 2.29. The van der Waals surface area contributed by atoms with E-state index in [-0.39, 0.29) is 30.3 Å². The zero-order valence-electron chi connectivity index (χ0n) is 13.3. The molecular weight excluding hydrogens is 318 g/mol. The lowest BCUT2D eigenvalue weighted by Crippen LogP contribution is -2.41. The summed E-state index contributed by atoms with van der Waals surface area (Å²) >= 11 is 0. The first-order chi connectivity index (χ1) is 10.6. The molecule has 0 aliphatic carbocycles. The van der Waals surface area contributed by atoms with Gasteiger partial charge < -0.3 is 20.7 Å². The highest BCUT2D eigenvalue weighted by atomic mass is 35.5. The number of morpholine rings is 1. The molecule has 0 saturated carbocycles. The normalized spacial score (nSPS) is 15.5. The molecule has 1 unspecified atom stereocenters. The molecule has 2 amide bonds. The molecular formula is C16H24ClN3O3. The molecule has 128 valence electrons. The lowest BCUT2D eigenvalue weighted by Gasteiger charge is -2.27. The molecule has 1 aromatic carbocycles. The lowest BCUT2D eigenvalue weighted by atomic mass is 10.1. The second-order valence-electron chi connectivity index (χ2n) is 5.51. The first kappa shape index (κ1) is 19.4. The number of halogens is 1. The molecule has 1 saturated heterocycles. The van der Waals surface area contributed by atoms with E-state index in [4.69, 9.17) is 10.5 Å². The van der Waals surface area contributed by atoms with Crippen LogP contribution >= 0.6 is 12.4 Å². The van der Waals surface area contributed by atoms with Crippen molar-refractivity contribution >= 4 is 29.9 Å². The number of nitrogens with one attached hydrogen (secondary N) is 1. The Morgan fingerprint density at radius 3 is 2.61 bits per heavy atom. The van der Waals surface area contributed by atoms with Crippen molar-refractivity contribution in [1.82, 2.24) is 4.90 Å². The van der Waals surface area contributed by atoms with Crippen molar-refractivity contribution in [1.29, 1.82) is 0 Å². The highest BCUT2D eigenvalue weighted by molar-refractivity contribution is 6.03. The molecule has 1 aliphatic heterocycles. The summed E-state index contributed by atoms with van der Waals surface area (Å²) in [6.45, 7) is 4.12. The van der Waals surface area contributed by atoms with Gasteiger partial charge in [-0.05, 0) is 25.5 Å². The van der Waals surface area contributed by atoms with E-state index in [9.17, 15) is 9.59 Å². The highest BCUT2D eigenvalue weighted by Gasteiger charge is 2.21. The maximum atomic E-state index is 12.6. The largest absolute Gasteiger partial charge is 0.378 e. The van der Waals surface area contributed by atoms with Crippen LogP contribution in [-0.2, 0) is 9.53 Å². The number of para-hydroxylation sites is 1. The minimum atomic E-state index is -0.125. The predicted molar refractivity (Wildman–Crippen MR) is 91.9 cm³/mol. The molecule has 0 aromatic heterocycles. The Bertz CT molecular complexity index is 531. The Labute approximate surface area is 142 Å². The van der Waals surface area contributed by atoms with Gasteiger partial charge in [-0.3, -0.25) is 9.59 Å². The second kappa shape index (κ2) is 9.50. The topological polar surface area (TPSA) is 84.7 Å². The number of benzene rings is 1. The van der Waals surface area contributed by atoms with Crippen LogP contribution in [0.4, 0.5) is 5.69 Å². The fourth-order valence-electron chi connectivity index (χ4n) is 2.29. The zero-order valence-corrected chi connectivity index (χ0v) is 14.1. The monoisotopic (exact) mass is 341 g/mol. The third-order valence-electron chi connectivity index (χ3n) is 3.56. The standard InChI is InChI=1S/C16H23N3O3.ClH/c1-12(17)6-7-15(20)18-14-5-3-2-4-13(14)16(21)19-8-10-22-11-9-19;/h2-5,12H,6-11,17H2,1H3,(H,18,20);1H. The quantitative estimate of drug-likeness (QED) is 0.852. The van der Waals surface area contributed by atoms with Crippen LogP contribution in [0.5, 0.6) is 0 Å². The van der Waals surface area contributed by atoms with E-state index in [0.717, 1.165) is 0 Å². The minimum absolute atomic E-state index is 0. The highest BCUT2D eigenvalue weighted by Crippen LogP contribution is 2.18. The van der Waals surface area contributed by atoms with Gasteiger partial charge in [-0.15, -0.1) is 12.4 Å². The van der Waals surface area contributed by atoms with Crippen LogP contribution < -0.4 is 11.1 Å². The van der Waals surface area contributed by atoms with Crippen molar-refractivity contribution in [2.45, 2.75) is 25.8 Å². The third-order valence-corrected chi connectivity index (χ3v) is 3.56.